The van der Waals surface area contributed by atoms with Crippen molar-refractivity contribution in [3.05, 3.63) is 61.1 Å². The average Bonchev–Trinajstić information content (AvgIpc) is 3.17. The predicted octanol–water partition coefficient (Wildman–Crippen LogP) is 1.53. The molecule has 0 spiro atoms. The van der Waals surface area contributed by atoms with Crippen molar-refractivity contribution in [2.75, 3.05) is 7.05 Å². The smallest absolute Gasteiger partial charge is 0.332 e. The molecule has 0 aromatic carbocycles. The number of aromatic nitrogens is 3. The van der Waals surface area contributed by atoms with Crippen molar-refractivity contribution in [1.29, 1.82) is 0 Å². The Kier molecular flexibility index (Phi) is 4.30. The third kappa shape index (κ3) is 2.78. The summed E-state index contributed by atoms with van der Waals surface area (Å²) in [6.45, 7) is 1.94. The lowest BCUT2D eigenvalue weighted by atomic mass is 10.2. The van der Waals surface area contributed by atoms with E-state index in [9.17, 15) is 14.4 Å². The third-order valence-corrected chi connectivity index (χ3v) is 5.42. The molecule has 7 nitrogen and oxygen atoms in total. The van der Waals surface area contributed by atoms with Crippen molar-refractivity contribution in [2.24, 2.45) is 14.1 Å². The Labute approximate surface area is 147 Å². The van der Waals surface area contributed by atoms with E-state index in [2.05, 4.69) is 4.98 Å². The lowest BCUT2D eigenvalue weighted by Gasteiger charge is -2.23. The topological polar surface area (TPSA) is 77.2 Å². The summed E-state index contributed by atoms with van der Waals surface area (Å²) in [5.74, 6) is -0.268. The molecule has 0 radical (unpaired) electrons. The first kappa shape index (κ1) is 17.1. The van der Waals surface area contributed by atoms with Gasteiger partial charge in [0, 0.05) is 26.0 Å². The minimum Gasteiger partial charge on any atom is -0.333 e. The van der Waals surface area contributed by atoms with E-state index in [0.717, 1.165) is 9.44 Å². The van der Waals surface area contributed by atoms with Gasteiger partial charge in [0.15, 0.2) is 0 Å². The summed E-state index contributed by atoms with van der Waals surface area (Å²) >= 11 is 1.58. The van der Waals surface area contributed by atoms with Crippen molar-refractivity contribution in [3.8, 4) is 0 Å². The number of thiophene rings is 1. The van der Waals surface area contributed by atoms with Gasteiger partial charge in [0.25, 0.3) is 11.5 Å². The van der Waals surface area contributed by atoms with E-state index in [-0.39, 0.29) is 23.3 Å². The molecule has 0 N–H and O–H groups in total. The molecule has 1 atom stereocenters. The number of amides is 1. The minimum absolute atomic E-state index is 0.0996. The van der Waals surface area contributed by atoms with Crippen LogP contribution in [0.4, 0.5) is 0 Å². The molecule has 0 fully saturated rings. The molecule has 3 aromatic rings. The van der Waals surface area contributed by atoms with E-state index < -0.39 is 11.2 Å². The molecular weight excluding hydrogens is 340 g/mol. The maximum absolute atomic E-state index is 12.8. The molecule has 0 saturated carbocycles. The van der Waals surface area contributed by atoms with Gasteiger partial charge in [0.2, 0.25) is 0 Å². The van der Waals surface area contributed by atoms with Crippen molar-refractivity contribution in [3.63, 3.8) is 0 Å². The summed E-state index contributed by atoms with van der Waals surface area (Å²) in [5.41, 5.74) is -0.502. The highest BCUT2D eigenvalue weighted by molar-refractivity contribution is 7.10. The van der Waals surface area contributed by atoms with Gasteiger partial charge in [-0.05, 0) is 30.5 Å². The number of aryl methyl sites for hydroxylation is 1. The molecule has 130 valence electrons. The standard InChI is InChI=1S/C17H18N4O3S/c1-10(13-6-5-9-25-13)19(2)16(23)12-8-7-11-14(18-12)20(3)17(24)21(4)15(11)22/h5-10H,1-4H3. The van der Waals surface area contributed by atoms with Crippen LogP contribution in [0.5, 0.6) is 0 Å². The molecule has 0 bridgehead atoms. The number of fused-ring (bicyclic) bond motifs is 1. The zero-order valence-corrected chi connectivity index (χ0v) is 15.2. The molecule has 1 unspecified atom stereocenters. The second kappa shape index (κ2) is 6.29. The van der Waals surface area contributed by atoms with E-state index in [0.29, 0.717) is 5.39 Å². The number of carbonyl (C=O) groups is 1. The van der Waals surface area contributed by atoms with Gasteiger partial charge in [-0.1, -0.05) is 6.07 Å². The first-order valence-electron chi connectivity index (χ1n) is 7.70. The van der Waals surface area contributed by atoms with Gasteiger partial charge >= 0.3 is 5.69 Å². The summed E-state index contributed by atoms with van der Waals surface area (Å²) in [4.78, 5) is 44.0. The van der Waals surface area contributed by atoms with Crippen LogP contribution in [-0.2, 0) is 14.1 Å². The first-order valence-corrected chi connectivity index (χ1v) is 8.58. The van der Waals surface area contributed by atoms with E-state index >= 15 is 0 Å². The van der Waals surface area contributed by atoms with Crippen LogP contribution in [0.3, 0.4) is 0 Å². The molecule has 8 heteroatoms. The van der Waals surface area contributed by atoms with Gasteiger partial charge < -0.3 is 4.90 Å². The molecule has 3 rings (SSSR count). The molecular formula is C17H18N4O3S. The number of rotatable bonds is 3. The average molecular weight is 358 g/mol. The minimum atomic E-state index is -0.477. The predicted molar refractivity (Wildman–Crippen MR) is 97.1 cm³/mol. The Morgan fingerprint density at radius 3 is 2.56 bits per heavy atom. The van der Waals surface area contributed by atoms with E-state index in [1.807, 2.05) is 24.4 Å². The Balaban J connectivity index is 2.06. The Hall–Kier alpha value is -2.74. The second-order valence-corrected chi connectivity index (χ2v) is 6.86. The quantitative estimate of drug-likeness (QED) is 0.711. The summed E-state index contributed by atoms with van der Waals surface area (Å²) < 4.78 is 2.30. The Morgan fingerprint density at radius 2 is 1.92 bits per heavy atom. The zero-order chi connectivity index (χ0) is 18.3. The molecule has 1 amide bonds. The highest BCUT2D eigenvalue weighted by Crippen LogP contribution is 2.24. The fourth-order valence-electron chi connectivity index (χ4n) is 2.65. The largest absolute Gasteiger partial charge is 0.333 e. The summed E-state index contributed by atoms with van der Waals surface area (Å²) in [7, 11) is 4.66. The zero-order valence-electron chi connectivity index (χ0n) is 14.4. The van der Waals surface area contributed by atoms with Gasteiger partial charge in [-0.2, -0.15) is 0 Å². The van der Waals surface area contributed by atoms with Crippen molar-refractivity contribution >= 4 is 28.3 Å². The number of pyridine rings is 1. The maximum atomic E-state index is 12.8. The Morgan fingerprint density at radius 1 is 1.20 bits per heavy atom. The second-order valence-electron chi connectivity index (χ2n) is 5.88. The highest BCUT2D eigenvalue weighted by atomic mass is 32.1. The Bertz CT molecular complexity index is 1070. The molecule has 3 aromatic heterocycles. The van der Waals surface area contributed by atoms with Crippen LogP contribution in [0.25, 0.3) is 11.0 Å². The lowest BCUT2D eigenvalue weighted by molar-refractivity contribution is 0.0739. The normalized spacial score (nSPS) is 12.3. The number of hydrogen-bond acceptors (Lipinski definition) is 5. The fourth-order valence-corrected chi connectivity index (χ4v) is 3.48. The number of hydrogen-bond donors (Lipinski definition) is 0. The molecule has 0 saturated heterocycles. The molecule has 0 aliphatic rings. The summed E-state index contributed by atoms with van der Waals surface area (Å²) in [6.07, 6.45) is 0. The summed E-state index contributed by atoms with van der Waals surface area (Å²) in [5, 5.41) is 2.26. The highest BCUT2D eigenvalue weighted by Gasteiger charge is 2.22. The molecule has 3 heterocycles. The van der Waals surface area contributed by atoms with Crippen LogP contribution in [0.15, 0.2) is 39.2 Å². The van der Waals surface area contributed by atoms with E-state index in [4.69, 9.17) is 0 Å². The van der Waals surface area contributed by atoms with E-state index in [1.54, 1.807) is 29.4 Å². The maximum Gasteiger partial charge on any atom is 0.332 e. The first-order chi connectivity index (χ1) is 11.8. The van der Waals surface area contributed by atoms with Gasteiger partial charge in [-0.3, -0.25) is 18.7 Å². The number of nitrogens with zero attached hydrogens (tertiary/aromatic N) is 4. The fraction of sp³-hybridized carbons (Fsp3) is 0.294. The van der Waals surface area contributed by atoms with Crippen LogP contribution in [-0.4, -0.2) is 32.0 Å². The van der Waals surface area contributed by atoms with Crippen LogP contribution >= 0.6 is 11.3 Å². The monoisotopic (exact) mass is 358 g/mol. The van der Waals surface area contributed by atoms with Gasteiger partial charge in [0.1, 0.15) is 11.3 Å². The van der Waals surface area contributed by atoms with Crippen molar-refractivity contribution in [2.45, 2.75) is 13.0 Å². The van der Waals surface area contributed by atoms with Crippen LogP contribution in [0, 0.1) is 0 Å². The summed E-state index contributed by atoms with van der Waals surface area (Å²) in [6, 6.07) is 6.88. The van der Waals surface area contributed by atoms with Crippen LogP contribution in [0.1, 0.15) is 28.3 Å². The van der Waals surface area contributed by atoms with Crippen LogP contribution < -0.4 is 11.2 Å². The van der Waals surface area contributed by atoms with Crippen molar-refractivity contribution < 1.29 is 4.79 Å². The van der Waals surface area contributed by atoms with Crippen LogP contribution in [0.2, 0.25) is 0 Å². The number of carbonyl (C=O) groups excluding carboxylic acids is 1. The van der Waals surface area contributed by atoms with E-state index in [1.165, 1.54) is 24.7 Å². The van der Waals surface area contributed by atoms with Crippen molar-refractivity contribution in [1.82, 2.24) is 19.0 Å². The SMILES string of the molecule is CC(c1cccs1)N(C)C(=O)c1ccc2c(=O)n(C)c(=O)n(C)c2n1. The molecule has 0 aliphatic heterocycles. The van der Waals surface area contributed by atoms with Gasteiger partial charge in [0.05, 0.1) is 11.4 Å². The lowest BCUT2D eigenvalue weighted by Crippen LogP contribution is -2.37. The molecule has 25 heavy (non-hydrogen) atoms. The molecule has 0 aliphatic carbocycles. The third-order valence-electron chi connectivity index (χ3n) is 4.38. The van der Waals surface area contributed by atoms with Gasteiger partial charge in [-0.25, -0.2) is 9.78 Å². The van der Waals surface area contributed by atoms with Gasteiger partial charge in [-0.15, -0.1) is 11.3 Å².